The van der Waals surface area contributed by atoms with Gasteiger partial charge in [0.05, 0.1) is 25.4 Å². The number of hydrogen-bond acceptors (Lipinski definition) is 3. The summed E-state index contributed by atoms with van der Waals surface area (Å²) >= 11 is 0. The molecule has 1 saturated heterocycles. The van der Waals surface area contributed by atoms with E-state index in [1.807, 2.05) is 12.1 Å². The molecule has 22 heavy (non-hydrogen) atoms. The number of ether oxygens (including phenoxy) is 2. The number of fused-ring (bicyclic) bond motifs is 5. The molecule has 3 nitrogen and oxygen atoms in total. The van der Waals surface area contributed by atoms with E-state index in [1.54, 1.807) is 7.11 Å². The molecule has 1 saturated carbocycles. The van der Waals surface area contributed by atoms with Crippen LogP contribution in [0, 0.1) is 17.8 Å². The van der Waals surface area contributed by atoms with Crippen molar-refractivity contribution in [2.24, 2.45) is 17.8 Å². The second-order valence-electron chi connectivity index (χ2n) is 7.02. The molecule has 2 fully saturated rings. The predicted octanol–water partition coefficient (Wildman–Crippen LogP) is 3.27. The summed E-state index contributed by atoms with van der Waals surface area (Å²) in [4.78, 5) is 0. The van der Waals surface area contributed by atoms with Gasteiger partial charge in [-0.25, -0.2) is 0 Å². The predicted molar refractivity (Wildman–Crippen MR) is 84.9 cm³/mol. The molecule has 0 bridgehead atoms. The minimum atomic E-state index is -0.709. The number of benzene rings is 1. The Kier molecular flexibility index (Phi) is 3.31. The van der Waals surface area contributed by atoms with E-state index >= 15 is 0 Å². The van der Waals surface area contributed by atoms with Crippen LogP contribution >= 0.6 is 0 Å². The van der Waals surface area contributed by atoms with Crippen molar-refractivity contribution in [3.05, 3.63) is 42.0 Å². The summed E-state index contributed by atoms with van der Waals surface area (Å²) in [5.74, 6) is 1.79. The maximum Gasteiger partial charge on any atom is 0.119 e. The molecular weight excluding hydrogens is 276 g/mol. The van der Waals surface area contributed by atoms with Gasteiger partial charge in [-0.1, -0.05) is 12.1 Å². The van der Waals surface area contributed by atoms with E-state index in [0.717, 1.165) is 31.4 Å². The molecule has 0 spiro atoms. The van der Waals surface area contributed by atoms with Crippen LogP contribution in [0.15, 0.2) is 30.9 Å². The molecule has 3 heteroatoms. The molecule has 0 aromatic heterocycles. The van der Waals surface area contributed by atoms with Gasteiger partial charge in [0.2, 0.25) is 0 Å². The van der Waals surface area contributed by atoms with E-state index in [1.165, 1.54) is 11.1 Å². The Morgan fingerprint density at radius 1 is 1.36 bits per heavy atom. The lowest BCUT2D eigenvalue weighted by atomic mass is 9.67. The molecule has 1 aromatic carbocycles. The molecule has 1 N–H and O–H groups in total. The van der Waals surface area contributed by atoms with Gasteiger partial charge in [0.25, 0.3) is 0 Å². The Bertz CT molecular complexity index is 596. The Morgan fingerprint density at radius 2 is 2.23 bits per heavy atom. The molecule has 5 atom stereocenters. The third kappa shape index (κ3) is 1.88. The normalized spacial score (nSPS) is 39.5. The molecular formula is C19H24O3. The molecule has 0 unspecified atom stereocenters. The van der Waals surface area contributed by atoms with Crippen LogP contribution in [-0.2, 0) is 11.2 Å². The van der Waals surface area contributed by atoms with Crippen LogP contribution in [0.3, 0.4) is 0 Å². The molecule has 1 aromatic rings. The summed E-state index contributed by atoms with van der Waals surface area (Å²) in [6.45, 7) is 4.33. The van der Waals surface area contributed by atoms with E-state index in [4.69, 9.17) is 9.47 Å². The molecule has 1 aliphatic heterocycles. The van der Waals surface area contributed by atoms with Crippen LogP contribution < -0.4 is 4.74 Å². The summed E-state index contributed by atoms with van der Waals surface area (Å²) in [7, 11) is 1.70. The third-order valence-electron chi connectivity index (χ3n) is 6.16. The average molecular weight is 300 g/mol. The second kappa shape index (κ2) is 5.10. The monoisotopic (exact) mass is 300 g/mol. The third-order valence-corrected chi connectivity index (χ3v) is 6.16. The van der Waals surface area contributed by atoms with E-state index in [0.29, 0.717) is 18.4 Å². The first kappa shape index (κ1) is 14.3. The number of aryl methyl sites for hydroxylation is 1. The van der Waals surface area contributed by atoms with E-state index < -0.39 is 5.60 Å². The zero-order valence-corrected chi connectivity index (χ0v) is 13.1. The van der Waals surface area contributed by atoms with Gasteiger partial charge in [-0.2, -0.15) is 0 Å². The summed E-state index contributed by atoms with van der Waals surface area (Å²) in [5, 5.41) is 11.1. The van der Waals surface area contributed by atoms with Crippen LogP contribution in [0.25, 0.3) is 0 Å². The van der Waals surface area contributed by atoms with E-state index in [2.05, 4.69) is 18.7 Å². The molecule has 2 aliphatic carbocycles. The number of hydrogen-bond donors (Lipinski definition) is 1. The van der Waals surface area contributed by atoms with E-state index in [9.17, 15) is 5.11 Å². The van der Waals surface area contributed by atoms with E-state index in [-0.39, 0.29) is 12.0 Å². The van der Waals surface area contributed by atoms with Gasteiger partial charge in [-0.15, -0.1) is 6.58 Å². The van der Waals surface area contributed by atoms with Crippen molar-refractivity contribution >= 4 is 0 Å². The van der Waals surface area contributed by atoms with Crippen molar-refractivity contribution in [2.75, 3.05) is 13.7 Å². The summed E-state index contributed by atoms with van der Waals surface area (Å²) in [6.07, 6.45) is 6.30. The fourth-order valence-corrected chi connectivity index (χ4v) is 5.00. The largest absolute Gasteiger partial charge is 0.497 e. The van der Waals surface area contributed by atoms with Gasteiger partial charge >= 0.3 is 0 Å². The van der Waals surface area contributed by atoms with Crippen molar-refractivity contribution in [3.8, 4) is 5.75 Å². The van der Waals surface area contributed by atoms with Crippen molar-refractivity contribution in [1.29, 1.82) is 0 Å². The first-order chi connectivity index (χ1) is 10.7. The highest BCUT2D eigenvalue weighted by Gasteiger charge is 2.56. The molecule has 0 amide bonds. The summed E-state index contributed by atoms with van der Waals surface area (Å²) < 4.78 is 11.6. The SMILES string of the molecule is C=C[C@@H]1CC[C@H]2[C@@H]3CCc4ccc(OC)cc4[C@H]3OC[C@]12O. The summed E-state index contributed by atoms with van der Waals surface area (Å²) in [5.41, 5.74) is 1.92. The maximum absolute atomic E-state index is 11.1. The number of aliphatic hydroxyl groups is 1. The molecule has 0 radical (unpaired) electrons. The highest BCUT2D eigenvalue weighted by atomic mass is 16.5. The topological polar surface area (TPSA) is 38.7 Å². The highest BCUT2D eigenvalue weighted by Crippen LogP contribution is 2.56. The lowest BCUT2D eigenvalue weighted by Crippen LogP contribution is -2.53. The van der Waals surface area contributed by atoms with Gasteiger partial charge in [0, 0.05) is 5.92 Å². The Hall–Kier alpha value is -1.32. The molecule has 4 rings (SSSR count). The highest BCUT2D eigenvalue weighted by molar-refractivity contribution is 5.40. The van der Waals surface area contributed by atoms with Gasteiger partial charge in [-0.05, 0) is 60.8 Å². The van der Waals surface area contributed by atoms with Crippen LogP contribution in [0.2, 0.25) is 0 Å². The molecule has 1 heterocycles. The first-order valence-electron chi connectivity index (χ1n) is 8.30. The van der Waals surface area contributed by atoms with Crippen molar-refractivity contribution < 1.29 is 14.6 Å². The Morgan fingerprint density at radius 3 is 3.00 bits per heavy atom. The molecule has 3 aliphatic rings. The van der Waals surface area contributed by atoms with Crippen molar-refractivity contribution in [2.45, 2.75) is 37.4 Å². The standard InChI is InChI=1S/C19H24O3/c1-3-13-6-9-17-15-8-5-12-4-7-14(21-2)10-16(12)18(15)22-11-19(13,17)20/h3-4,7,10,13,15,17-18,20H,1,5-6,8-9,11H2,2H3/t13-,15+,17+,18+,19+/m1/s1. The first-order valence-corrected chi connectivity index (χ1v) is 8.30. The lowest BCUT2D eigenvalue weighted by Gasteiger charge is -2.49. The van der Waals surface area contributed by atoms with Gasteiger partial charge in [-0.3, -0.25) is 0 Å². The van der Waals surface area contributed by atoms with Crippen LogP contribution in [0.1, 0.15) is 36.5 Å². The fourth-order valence-electron chi connectivity index (χ4n) is 5.00. The van der Waals surface area contributed by atoms with Crippen LogP contribution in [0.5, 0.6) is 5.75 Å². The maximum atomic E-state index is 11.1. The van der Waals surface area contributed by atoms with Crippen molar-refractivity contribution in [3.63, 3.8) is 0 Å². The van der Waals surface area contributed by atoms with Crippen LogP contribution in [0.4, 0.5) is 0 Å². The average Bonchev–Trinajstić information content (AvgIpc) is 2.90. The van der Waals surface area contributed by atoms with Crippen molar-refractivity contribution in [1.82, 2.24) is 0 Å². The number of rotatable bonds is 2. The zero-order chi connectivity index (χ0) is 15.3. The Balaban J connectivity index is 1.70. The lowest BCUT2D eigenvalue weighted by molar-refractivity contribution is -0.189. The molecule has 118 valence electrons. The quantitative estimate of drug-likeness (QED) is 0.852. The smallest absolute Gasteiger partial charge is 0.119 e. The fraction of sp³-hybridized carbons (Fsp3) is 0.579. The minimum absolute atomic E-state index is 0.104. The van der Waals surface area contributed by atoms with Crippen LogP contribution in [-0.4, -0.2) is 24.4 Å². The number of methoxy groups -OCH3 is 1. The zero-order valence-electron chi connectivity index (χ0n) is 13.1. The van der Waals surface area contributed by atoms with Gasteiger partial charge in [0.15, 0.2) is 0 Å². The van der Waals surface area contributed by atoms with Gasteiger partial charge in [0.1, 0.15) is 5.75 Å². The van der Waals surface area contributed by atoms with Gasteiger partial charge < -0.3 is 14.6 Å². The Labute approximate surface area is 131 Å². The summed E-state index contributed by atoms with van der Waals surface area (Å²) in [6, 6.07) is 6.31. The minimum Gasteiger partial charge on any atom is -0.497 e. The second-order valence-corrected chi connectivity index (χ2v) is 7.02.